The van der Waals surface area contributed by atoms with Crippen molar-refractivity contribution in [3.05, 3.63) is 55.6 Å². The smallest absolute Gasteiger partial charge is 0.332 e. The molecule has 11 heteroatoms. The summed E-state index contributed by atoms with van der Waals surface area (Å²) in [6, 6.07) is 9.22. The van der Waals surface area contributed by atoms with Crippen LogP contribution in [0.3, 0.4) is 0 Å². The first-order valence-electron chi connectivity index (χ1n) is 15.4. The van der Waals surface area contributed by atoms with Gasteiger partial charge in [-0.3, -0.25) is 9.59 Å². The minimum Gasteiger partial charge on any atom is -0.497 e. The van der Waals surface area contributed by atoms with Crippen molar-refractivity contribution in [2.75, 3.05) is 34.4 Å². The number of hydrogen-bond donors (Lipinski definition) is 1. The van der Waals surface area contributed by atoms with Gasteiger partial charge in [0.15, 0.2) is 0 Å². The van der Waals surface area contributed by atoms with Crippen molar-refractivity contribution in [3.8, 4) is 28.9 Å². The number of esters is 1. The fourth-order valence-electron chi connectivity index (χ4n) is 5.89. The van der Waals surface area contributed by atoms with Gasteiger partial charge in [-0.15, -0.1) is 13.2 Å². The Bertz CT molecular complexity index is 1380. The molecule has 1 heterocycles. The van der Waals surface area contributed by atoms with Gasteiger partial charge >= 0.3 is 12.0 Å². The van der Waals surface area contributed by atoms with Gasteiger partial charge in [-0.2, -0.15) is 9.97 Å². The summed E-state index contributed by atoms with van der Waals surface area (Å²) in [6.07, 6.45) is 6.58. The number of unbranched alkanes of at least 4 members (excludes halogenated alkanes) is 2. The normalized spacial score (nSPS) is 23.4. The molecule has 2 amide bonds. The molecular formula is C34H44N4O7. The maximum Gasteiger partial charge on any atom is 0.332 e. The first-order valence-corrected chi connectivity index (χ1v) is 15.4. The van der Waals surface area contributed by atoms with Gasteiger partial charge in [-0.05, 0) is 69.7 Å². The summed E-state index contributed by atoms with van der Waals surface area (Å²) in [5.74, 6) is -1.64. The van der Waals surface area contributed by atoms with Crippen molar-refractivity contribution in [1.29, 1.82) is 0 Å². The molecule has 2 saturated carbocycles. The van der Waals surface area contributed by atoms with Crippen LogP contribution in [0.1, 0.15) is 45.4 Å². The summed E-state index contributed by atoms with van der Waals surface area (Å²) in [4.78, 5) is 51.0. The Labute approximate surface area is 265 Å². The minimum atomic E-state index is -1.16. The molecule has 0 saturated heterocycles. The van der Waals surface area contributed by atoms with Crippen LogP contribution in [0.4, 0.5) is 0 Å². The zero-order valence-corrected chi connectivity index (χ0v) is 26.6. The van der Waals surface area contributed by atoms with Gasteiger partial charge in [-0.25, -0.2) is 4.79 Å². The molecule has 1 aromatic carbocycles. The standard InChI is InChI=1S/C34H44N4O7/c1-7-10-11-12-17-38(4)31(40)27-19-25(18-26(27)30(39)37-34(21-23(34)8-2)32(41)44-9-3)45-29-20-28(35-33(36-29)43-6)22-13-15-24(42-5)16-14-22/h7-8,13-16,20,23,25-27H,1-2,9-12,17-19,21H2,3-6H3,(H,37,39)/t23-,25-,26-,27-,34-/m1/s1. The quantitative estimate of drug-likeness (QED) is 0.165. The number of amides is 2. The van der Waals surface area contributed by atoms with E-state index in [0.29, 0.717) is 30.8 Å². The summed E-state index contributed by atoms with van der Waals surface area (Å²) in [6.45, 7) is 10.0. The van der Waals surface area contributed by atoms with Crippen molar-refractivity contribution < 1.29 is 33.3 Å². The average molecular weight is 621 g/mol. The third kappa shape index (κ3) is 7.82. The Morgan fingerprint density at radius 3 is 2.42 bits per heavy atom. The number of benzene rings is 1. The second-order valence-corrected chi connectivity index (χ2v) is 11.5. The van der Waals surface area contributed by atoms with Gasteiger partial charge in [0.2, 0.25) is 17.7 Å². The zero-order valence-electron chi connectivity index (χ0n) is 26.6. The molecular weight excluding hydrogens is 576 g/mol. The van der Waals surface area contributed by atoms with Crippen molar-refractivity contribution in [1.82, 2.24) is 20.2 Å². The fourth-order valence-corrected chi connectivity index (χ4v) is 5.89. The number of hydrogen-bond acceptors (Lipinski definition) is 9. The number of rotatable bonds is 16. The van der Waals surface area contributed by atoms with Crippen LogP contribution in [0, 0.1) is 17.8 Å². The van der Waals surface area contributed by atoms with E-state index in [4.69, 9.17) is 18.9 Å². The average Bonchev–Trinajstić information content (AvgIpc) is 3.61. The Balaban J connectivity index is 1.56. The molecule has 11 nitrogen and oxygen atoms in total. The van der Waals surface area contributed by atoms with Crippen LogP contribution in [-0.2, 0) is 19.1 Å². The number of carbonyl (C=O) groups is 3. The van der Waals surface area contributed by atoms with E-state index in [-0.39, 0.29) is 42.7 Å². The maximum atomic E-state index is 13.9. The first-order chi connectivity index (χ1) is 21.7. The minimum absolute atomic E-state index is 0.123. The second kappa shape index (κ2) is 15.0. The first kappa shape index (κ1) is 33.5. The van der Waals surface area contributed by atoms with Crippen molar-refractivity contribution in [2.45, 2.75) is 57.1 Å². The fraction of sp³-hybridized carbons (Fsp3) is 0.500. The molecule has 2 aromatic rings. The van der Waals surface area contributed by atoms with Crippen LogP contribution in [0.2, 0.25) is 0 Å². The van der Waals surface area contributed by atoms with E-state index in [9.17, 15) is 14.4 Å². The molecule has 1 aromatic heterocycles. The largest absolute Gasteiger partial charge is 0.497 e. The number of methoxy groups -OCH3 is 2. The van der Waals surface area contributed by atoms with Gasteiger partial charge in [0, 0.05) is 31.1 Å². The zero-order chi connectivity index (χ0) is 32.6. The van der Waals surface area contributed by atoms with Gasteiger partial charge in [0.1, 0.15) is 17.4 Å². The van der Waals surface area contributed by atoms with Crippen LogP contribution >= 0.6 is 0 Å². The SMILES string of the molecule is C=CCCCCN(C)C(=O)[C@@H]1C[C@H](Oc2cc(-c3ccc(OC)cc3)nc(OC)n2)C[C@H]1C(=O)N[C@]1(C(=O)OCC)C[C@H]1C=C. The highest BCUT2D eigenvalue weighted by molar-refractivity contribution is 5.95. The highest BCUT2D eigenvalue weighted by atomic mass is 16.5. The molecule has 5 atom stereocenters. The van der Waals surface area contributed by atoms with Crippen LogP contribution in [0.25, 0.3) is 11.3 Å². The third-order valence-electron chi connectivity index (χ3n) is 8.52. The van der Waals surface area contributed by atoms with Gasteiger partial charge in [0.25, 0.3) is 0 Å². The van der Waals surface area contributed by atoms with E-state index in [0.717, 1.165) is 24.8 Å². The summed E-state index contributed by atoms with van der Waals surface area (Å²) in [5.41, 5.74) is 0.228. The molecule has 0 radical (unpaired) electrons. The van der Waals surface area contributed by atoms with E-state index in [1.165, 1.54) is 7.11 Å². The van der Waals surface area contributed by atoms with Crippen LogP contribution in [0.15, 0.2) is 55.6 Å². The lowest BCUT2D eigenvalue weighted by Gasteiger charge is -2.26. The Hall–Kier alpha value is -4.41. The van der Waals surface area contributed by atoms with Crippen molar-refractivity contribution in [2.24, 2.45) is 17.8 Å². The number of aromatic nitrogens is 2. The number of carbonyl (C=O) groups excluding carboxylic acids is 3. The molecule has 2 fully saturated rings. The number of ether oxygens (including phenoxy) is 4. The van der Waals surface area contributed by atoms with E-state index in [2.05, 4.69) is 28.4 Å². The predicted octanol–water partition coefficient (Wildman–Crippen LogP) is 4.37. The summed E-state index contributed by atoms with van der Waals surface area (Å²) in [7, 11) is 4.83. The molecule has 2 aliphatic carbocycles. The lowest BCUT2D eigenvalue weighted by molar-refractivity contribution is -0.150. The monoisotopic (exact) mass is 620 g/mol. The van der Waals surface area contributed by atoms with Gasteiger partial charge < -0.3 is 29.2 Å². The van der Waals surface area contributed by atoms with Crippen LogP contribution in [0.5, 0.6) is 17.6 Å². The molecule has 1 N–H and O–H groups in total. The molecule has 2 aliphatic rings. The summed E-state index contributed by atoms with van der Waals surface area (Å²) in [5, 5.41) is 2.94. The maximum absolute atomic E-state index is 13.9. The number of nitrogens with one attached hydrogen (secondary N) is 1. The molecule has 0 spiro atoms. The Kier molecular flexibility index (Phi) is 11.2. The molecule has 242 valence electrons. The highest BCUT2D eigenvalue weighted by Crippen LogP contribution is 2.46. The van der Waals surface area contributed by atoms with E-state index >= 15 is 0 Å². The lowest BCUT2D eigenvalue weighted by atomic mass is 9.93. The molecule has 4 rings (SSSR count). The van der Waals surface area contributed by atoms with Gasteiger partial charge in [-0.1, -0.05) is 12.2 Å². The Morgan fingerprint density at radius 2 is 1.80 bits per heavy atom. The van der Waals surface area contributed by atoms with E-state index < -0.39 is 29.4 Å². The van der Waals surface area contributed by atoms with Crippen molar-refractivity contribution in [3.63, 3.8) is 0 Å². The Morgan fingerprint density at radius 1 is 1.07 bits per heavy atom. The molecule has 0 bridgehead atoms. The van der Waals surface area contributed by atoms with Crippen molar-refractivity contribution >= 4 is 17.8 Å². The number of nitrogens with zero attached hydrogens (tertiary/aromatic N) is 3. The van der Waals surface area contributed by atoms with Crippen LogP contribution in [-0.4, -0.2) is 78.7 Å². The summed E-state index contributed by atoms with van der Waals surface area (Å²) < 4.78 is 22.2. The van der Waals surface area contributed by atoms with E-state index in [1.807, 2.05) is 30.3 Å². The van der Waals surface area contributed by atoms with Crippen LogP contribution < -0.4 is 19.5 Å². The predicted molar refractivity (Wildman–Crippen MR) is 169 cm³/mol. The second-order valence-electron chi connectivity index (χ2n) is 11.5. The van der Waals surface area contributed by atoms with E-state index in [1.54, 1.807) is 38.1 Å². The third-order valence-corrected chi connectivity index (χ3v) is 8.52. The topological polar surface area (TPSA) is 129 Å². The molecule has 45 heavy (non-hydrogen) atoms. The lowest BCUT2D eigenvalue weighted by Crippen LogP contribution is -2.50. The summed E-state index contributed by atoms with van der Waals surface area (Å²) >= 11 is 0. The molecule has 0 unspecified atom stereocenters. The van der Waals surface area contributed by atoms with Gasteiger partial charge in [0.05, 0.1) is 38.4 Å². The number of allylic oxidation sites excluding steroid dienone is 1. The highest BCUT2D eigenvalue weighted by Gasteiger charge is 2.62. The molecule has 0 aliphatic heterocycles.